The maximum Gasteiger partial charge on any atom is 0.261 e. The SMILES string of the molecule is CCn1cc(C(=O)Nc2ccc(Br)cc2)c(=O)c2cc(F)ccc21. The zero-order valence-corrected chi connectivity index (χ0v) is 14.4. The quantitative estimate of drug-likeness (QED) is 0.731. The number of pyridine rings is 1. The standard InChI is InChI=1S/C18H14BrFN2O2/c1-2-22-10-15(17(23)14-9-12(20)5-8-16(14)22)18(24)21-13-6-3-11(19)4-7-13/h3-10H,2H2,1H3,(H,21,24). The smallest absolute Gasteiger partial charge is 0.261 e. The van der Waals surface area contributed by atoms with Gasteiger partial charge in [0.15, 0.2) is 0 Å². The van der Waals surface area contributed by atoms with Crippen LogP contribution in [0.25, 0.3) is 10.9 Å². The van der Waals surface area contributed by atoms with Crippen LogP contribution in [0, 0.1) is 5.82 Å². The monoisotopic (exact) mass is 388 g/mol. The van der Waals surface area contributed by atoms with Gasteiger partial charge in [0.1, 0.15) is 11.4 Å². The van der Waals surface area contributed by atoms with Gasteiger partial charge >= 0.3 is 0 Å². The second-order valence-corrected chi connectivity index (χ2v) is 6.20. The lowest BCUT2D eigenvalue weighted by Crippen LogP contribution is -2.24. The number of aromatic nitrogens is 1. The van der Waals surface area contributed by atoms with Gasteiger partial charge in [-0.2, -0.15) is 0 Å². The molecule has 6 heteroatoms. The van der Waals surface area contributed by atoms with Crippen LogP contribution in [-0.2, 0) is 6.54 Å². The van der Waals surface area contributed by atoms with E-state index < -0.39 is 17.2 Å². The van der Waals surface area contributed by atoms with Crippen molar-refractivity contribution in [3.8, 4) is 0 Å². The fraction of sp³-hybridized carbons (Fsp3) is 0.111. The van der Waals surface area contributed by atoms with Crippen LogP contribution >= 0.6 is 15.9 Å². The molecule has 1 N–H and O–H groups in total. The normalized spacial score (nSPS) is 10.8. The summed E-state index contributed by atoms with van der Waals surface area (Å²) < 4.78 is 16.2. The van der Waals surface area contributed by atoms with Crippen molar-refractivity contribution in [2.24, 2.45) is 0 Å². The van der Waals surface area contributed by atoms with E-state index in [1.807, 2.05) is 6.92 Å². The number of hydrogen-bond donors (Lipinski definition) is 1. The summed E-state index contributed by atoms with van der Waals surface area (Å²) in [5.41, 5.74) is 0.677. The van der Waals surface area contributed by atoms with Crippen LogP contribution in [0.4, 0.5) is 10.1 Å². The number of fused-ring (bicyclic) bond motifs is 1. The Morgan fingerprint density at radius 1 is 1.21 bits per heavy atom. The molecule has 0 aliphatic rings. The minimum atomic E-state index is -0.518. The molecule has 24 heavy (non-hydrogen) atoms. The van der Waals surface area contributed by atoms with Gasteiger partial charge in [-0.05, 0) is 49.4 Å². The molecule has 1 heterocycles. The zero-order valence-electron chi connectivity index (χ0n) is 12.8. The van der Waals surface area contributed by atoms with Gasteiger partial charge in [0.05, 0.1) is 5.52 Å². The van der Waals surface area contributed by atoms with Crippen molar-refractivity contribution in [2.45, 2.75) is 13.5 Å². The van der Waals surface area contributed by atoms with E-state index in [4.69, 9.17) is 0 Å². The van der Waals surface area contributed by atoms with E-state index in [2.05, 4.69) is 21.2 Å². The molecule has 0 saturated heterocycles. The molecule has 2 aromatic carbocycles. The second-order valence-electron chi connectivity index (χ2n) is 5.28. The highest BCUT2D eigenvalue weighted by Gasteiger charge is 2.16. The summed E-state index contributed by atoms with van der Waals surface area (Å²) in [6.45, 7) is 2.45. The predicted octanol–water partition coefficient (Wildman–Crippen LogP) is 4.18. The van der Waals surface area contributed by atoms with E-state index in [0.29, 0.717) is 17.7 Å². The van der Waals surface area contributed by atoms with E-state index >= 15 is 0 Å². The predicted molar refractivity (Wildman–Crippen MR) is 95.9 cm³/mol. The molecule has 1 amide bonds. The number of halogens is 2. The number of carbonyl (C=O) groups excluding carboxylic acids is 1. The molecule has 0 radical (unpaired) electrons. The van der Waals surface area contributed by atoms with Crippen molar-refractivity contribution in [3.63, 3.8) is 0 Å². The first kappa shape index (κ1) is 16.4. The highest BCUT2D eigenvalue weighted by atomic mass is 79.9. The summed E-state index contributed by atoms with van der Waals surface area (Å²) >= 11 is 3.32. The molecule has 0 aliphatic carbocycles. The lowest BCUT2D eigenvalue weighted by molar-refractivity contribution is 0.102. The second kappa shape index (κ2) is 6.57. The number of nitrogens with one attached hydrogen (secondary N) is 1. The number of anilines is 1. The van der Waals surface area contributed by atoms with Crippen LogP contribution < -0.4 is 10.7 Å². The Labute approximate surface area is 146 Å². The molecule has 0 bridgehead atoms. The van der Waals surface area contributed by atoms with Crippen LogP contribution in [0.15, 0.2) is 57.9 Å². The maximum atomic E-state index is 13.5. The van der Waals surface area contributed by atoms with Crippen molar-refractivity contribution in [1.82, 2.24) is 4.57 Å². The summed E-state index contributed by atoms with van der Waals surface area (Å²) in [7, 11) is 0. The molecule has 0 fully saturated rings. The maximum absolute atomic E-state index is 13.5. The minimum Gasteiger partial charge on any atom is -0.347 e. The van der Waals surface area contributed by atoms with Gasteiger partial charge in [-0.25, -0.2) is 4.39 Å². The summed E-state index contributed by atoms with van der Waals surface area (Å²) in [6, 6.07) is 11.0. The van der Waals surface area contributed by atoms with Crippen molar-refractivity contribution in [1.29, 1.82) is 0 Å². The number of hydrogen-bond acceptors (Lipinski definition) is 2. The number of carbonyl (C=O) groups is 1. The third-order valence-corrected chi connectivity index (χ3v) is 4.26. The third-order valence-electron chi connectivity index (χ3n) is 3.73. The minimum absolute atomic E-state index is 0.0159. The fourth-order valence-corrected chi connectivity index (χ4v) is 2.79. The Balaban J connectivity index is 2.08. The Kier molecular flexibility index (Phi) is 4.49. The molecule has 0 atom stereocenters. The highest BCUT2D eigenvalue weighted by Crippen LogP contribution is 2.17. The molecule has 3 aromatic rings. The van der Waals surface area contributed by atoms with Crippen molar-refractivity contribution < 1.29 is 9.18 Å². The largest absolute Gasteiger partial charge is 0.347 e. The Hall–Kier alpha value is -2.47. The molecular formula is C18H14BrFN2O2. The topological polar surface area (TPSA) is 51.1 Å². The van der Waals surface area contributed by atoms with Gasteiger partial charge in [-0.3, -0.25) is 9.59 Å². The van der Waals surface area contributed by atoms with Crippen LogP contribution in [0.3, 0.4) is 0 Å². The molecule has 122 valence electrons. The average Bonchev–Trinajstić information content (AvgIpc) is 2.57. The number of rotatable bonds is 3. The Morgan fingerprint density at radius 2 is 1.92 bits per heavy atom. The van der Waals surface area contributed by atoms with Gasteiger partial charge in [0.25, 0.3) is 5.91 Å². The Morgan fingerprint density at radius 3 is 2.58 bits per heavy atom. The molecular weight excluding hydrogens is 375 g/mol. The van der Waals surface area contributed by atoms with Gasteiger partial charge in [-0.1, -0.05) is 15.9 Å². The molecule has 4 nitrogen and oxygen atoms in total. The molecule has 0 saturated carbocycles. The summed E-state index contributed by atoms with van der Waals surface area (Å²) in [4.78, 5) is 25.1. The molecule has 0 unspecified atom stereocenters. The lowest BCUT2D eigenvalue weighted by Gasteiger charge is -2.12. The summed E-state index contributed by atoms with van der Waals surface area (Å²) in [5.74, 6) is -1.02. The molecule has 3 rings (SSSR count). The zero-order chi connectivity index (χ0) is 17.3. The summed E-state index contributed by atoms with van der Waals surface area (Å²) in [6.07, 6.45) is 1.51. The summed E-state index contributed by atoms with van der Waals surface area (Å²) in [5, 5.41) is 2.88. The van der Waals surface area contributed by atoms with E-state index in [1.54, 1.807) is 34.9 Å². The number of amides is 1. The third kappa shape index (κ3) is 3.10. The number of aryl methyl sites for hydroxylation is 1. The van der Waals surface area contributed by atoms with E-state index in [-0.39, 0.29) is 10.9 Å². The first-order valence-electron chi connectivity index (χ1n) is 7.39. The van der Waals surface area contributed by atoms with E-state index in [9.17, 15) is 14.0 Å². The lowest BCUT2D eigenvalue weighted by atomic mass is 10.1. The number of benzene rings is 2. The van der Waals surface area contributed by atoms with Crippen LogP contribution in [0.2, 0.25) is 0 Å². The molecule has 1 aromatic heterocycles. The van der Waals surface area contributed by atoms with Crippen molar-refractivity contribution >= 4 is 38.4 Å². The van der Waals surface area contributed by atoms with E-state index in [1.165, 1.54) is 18.3 Å². The van der Waals surface area contributed by atoms with Gasteiger partial charge in [0.2, 0.25) is 5.43 Å². The van der Waals surface area contributed by atoms with E-state index in [0.717, 1.165) is 4.47 Å². The van der Waals surface area contributed by atoms with Crippen LogP contribution in [0.1, 0.15) is 17.3 Å². The van der Waals surface area contributed by atoms with Gasteiger partial charge in [-0.15, -0.1) is 0 Å². The van der Waals surface area contributed by atoms with Crippen molar-refractivity contribution in [3.05, 3.63) is 74.7 Å². The first-order chi connectivity index (χ1) is 11.5. The highest BCUT2D eigenvalue weighted by molar-refractivity contribution is 9.10. The first-order valence-corrected chi connectivity index (χ1v) is 8.18. The van der Waals surface area contributed by atoms with Crippen LogP contribution in [-0.4, -0.2) is 10.5 Å². The fourth-order valence-electron chi connectivity index (χ4n) is 2.52. The van der Waals surface area contributed by atoms with Crippen LogP contribution in [0.5, 0.6) is 0 Å². The Bertz CT molecular complexity index is 981. The molecule has 0 spiro atoms. The van der Waals surface area contributed by atoms with Crippen molar-refractivity contribution in [2.75, 3.05) is 5.32 Å². The van der Waals surface area contributed by atoms with Gasteiger partial charge in [0, 0.05) is 28.3 Å². The average molecular weight is 389 g/mol. The number of nitrogens with zero attached hydrogens (tertiary/aromatic N) is 1. The molecule has 0 aliphatic heterocycles. The van der Waals surface area contributed by atoms with Gasteiger partial charge < -0.3 is 9.88 Å².